The highest BCUT2D eigenvalue weighted by Gasteiger charge is 2.45. The number of alkyl halides is 3. The van der Waals surface area contributed by atoms with Gasteiger partial charge in [-0.25, -0.2) is 4.39 Å². The topological polar surface area (TPSA) is 74.7 Å². The molecule has 4 rings (SSSR count). The normalized spacial score (nSPS) is 19.8. The minimum Gasteiger partial charge on any atom is -0.386 e. The van der Waals surface area contributed by atoms with Gasteiger partial charge in [-0.15, -0.1) is 0 Å². The molecule has 2 aromatic rings. The fraction of sp³-hybridized carbons (Fsp3) is 0.500. The maximum atomic E-state index is 13.2. The molecule has 1 aromatic carbocycles. The summed E-state index contributed by atoms with van der Waals surface area (Å²) in [6.45, 7) is 2.24. The zero-order valence-electron chi connectivity index (χ0n) is 18.2. The molecule has 9 heteroatoms. The Labute approximate surface area is 190 Å². The molecule has 1 aromatic heterocycles. The molecule has 2 saturated heterocycles. The minimum atomic E-state index is -3.27. The Bertz CT molecular complexity index is 936. The van der Waals surface area contributed by atoms with Crippen molar-refractivity contribution in [3.05, 3.63) is 53.9 Å². The number of ether oxygens (including phenoxy) is 1. The number of halogens is 3. The number of aliphatic hydroxyl groups excluding tert-OH is 1. The van der Waals surface area contributed by atoms with Crippen molar-refractivity contribution in [3.63, 3.8) is 0 Å². The SMILES string of the molecule is O=C(N[C@H](CF)[C@H](O)c1ccc(-c2ccc(CN3CCCCC34COC4)nc2)cc1)C(F)F. The summed E-state index contributed by atoms with van der Waals surface area (Å²) in [5.74, 6) is -1.61. The first-order chi connectivity index (χ1) is 15.9. The molecular formula is C24H28F3N3O3. The number of hydrogen-bond donors (Lipinski definition) is 2. The van der Waals surface area contributed by atoms with Crippen LogP contribution in [0.2, 0.25) is 0 Å². The van der Waals surface area contributed by atoms with E-state index in [1.54, 1.807) is 30.5 Å². The van der Waals surface area contributed by atoms with E-state index in [0.29, 0.717) is 5.56 Å². The standard InChI is InChI=1S/C24H28F3N3O3/c25-11-20(29-23(32)22(26)27)21(31)17-5-3-16(4-6-17)18-7-8-19(28-12-18)13-30-10-2-1-9-24(30)14-33-15-24/h3-8,12,20-22,31H,1-2,9-11,13-15H2,(H,29,32)/t20-,21-/m1/s1. The van der Waals surface area contributed by atoms with Crippen LogP contribution in [0.1, 0.15) is 36.6 Å². The monoisotopic (exact) mass is 463 g/mol. The van der Waals surface area contributed by atoms with Gasteiger partial charge in [0.25, 0.3) is 5.91 Å². The Hall–Kier alpha value is -2.49. The van der Waals surface area contributed by atoms with E-state index in [0.717, 1.165) is 43.1 Å². The van der Waals surface area contributed by atoms with E-state index in [2.05, 4.69) is 9.88 Å². The van der Waals surface area contributed by atoms with Crippen molar-refractivity contribution in [1.82, 2.24) is 15.2 Å². The van der Waals surface area contributed by atoms with Crippen LogP contribution in [0.25, 0.3) is 11.1 Å². The molecule has 0 aliphatic carbocycles. The van der Waals surface area contributed by atoms with Crippen LogP contribution in [-0.4, -0.2) is 65.3 Å². The van der Waals surface area contributed by atoms with Gasteiger partial charge in [-0.1, -0.05) is 36.8 Å². The lowest BCUT2D eigenvalue weighted by Crippen LogP contribution is -2.63. The third kappa shape index (κ3) is 5.20. The Balaban J connectivity index is 1.40. The number of amides is 1. The summed E-state index contributed by atoms with van der Waals surface area (Å²) >= 11 is 0. The fourth-order valence-corrected chi connectivity index (χ4v) is 4.50. The zero-order chi connectivity index (χ0) is 23.4. The summed E-state index contributed by atoms with van der Waals surface area (Å²) in [4.78, 5) is 18.2. The number of likely N-dealkylation sites (tertiary alicyclic amines) is 1. The van der Waals surface area contributed by atoms with Gasteiger partial charge in [-0.05, 0) is 36.6 Å². The van der Waals surface area contributed by atoms with Gasteiger partial charge in [0, 0.05) is 18.3 Å². The van der Waals surface area contributed by atoms with Crippen LogP contribution in [0.5, 0.6) is 0 Å². The third-order valence-corrected chi connectivity index (χ3v) is 6.57. The summed E-state index contributed by atoms with van der Waals surface area (Å²) in [5.41, 5.74) is 3.20. The number of aromatic nitrogens is 1. The molecule has 2 fully saturated rings. The summed E-state index contributed by atoms with van der Waals surface area (Å²) in [6.07, 6.45) is 0.667. The van der Waals surface area contributed by atoms with Gasteiger partial charge in [0.1, 0.15) is 12.8 Å². The van der Waals surface area contributed by atoms with Crippen molar-refractivity contribution in [2.24, 2.45) is 0 Å². The van der Waals surface area contributed by atoms with Crippen LogP contribution in [0, 0.1) is 0 Å². The minimum absolute atomic E-state index is 0.168. The van der Waals surface area contributed by atoms with Crippen LogP contribution in [0.3, 0.4) is 0 Å². The molecule has 3 heterocycles. The second kappa shape index (κ2) is 10.2. The van der Waals surface area contributed by atoms with Crippen LogP contribution in [0.4, 0.5) is 13.2 Å². The maximum Gasteiger partial charge on any atom is 0.315 e. The van der Waals surface area contributed by atoms with E-state index in [1.165, 1.54) is 19.3 Å². The smallest absolute Gasteiger partial charge is 0.315 e. The molecule has 2 aliphatic rings. The average Bonchev–Trinajstić information content (AvgIpc) is 2.82. The molecule has 0 unspecified atom stereocenters. The van der Waals surface area contributed by atoms with Gasteiger partial charge in [0.15, 0.2) is 0 Å². The predicted octanol–water partition coefficient (Wildman–Crippen LogP) is 3.26. The molecule has 2 atom stereocenters. The number of hydrogen-bond acceptors (Lipinski definition) is 5. The number of carbonyl (C=O) groups is 1. The second-order valence-electron chi connectivity index (χ2n) is 8.77. The molecule has 1 spiro atoms. The van der Waals surface area contributed by atoms with Crippen LogP contribution in [-0.2, 0) is 16.1 Å². The van der Waals surface area contributed by atoms with Crippen molar-refractivity contribution in [2.45, 2.75) is 49.9 Å². The lowest BCUT2D eigenvalue weighted by Gasteiger charge is -2.52. The molecule has 33 heavy (non-hydrogen) atoms. The summed E-state index contributed by atoms with van der Waals surface area (Å²) in [6, 6.07) is 9.18. The van der Waals surface area contributed by atoms with E-state index in [-0.39, 0.29) is 5.54 Å². The molecule has 1 amide bonds. The molecule has 178 valence electrons. The molecule has 2 N–H and O–H groups in total. The van der Waals surface area contributed by atoms with E-state index < -0.39 is 31.2 Å². The van der Waals surface area contributed by atoms with E-state index in [4.69, 9.17) is 4.74 Å². The van der Waals surface area contributed by atoms with Gasteiger partial charge in [0.05, 0.1) is 30.5 Å². The molecule has 2 aliphatic heterocycles. The number of piperidine rings is 1. The molecular weight excluding hydrogens is 435 g/mol. The van der Waals surface area contributed by atoms with E-state index in [1.807, 2.05) is 17.4 Å². The summed E-state index contributed by atoms with van der Waals surface area (Å²) in [7, 11) is 0. The highest BCUT2D eigenvalue weighted by Crippen LogP contribution is 2.35. The van der Waals surface area contributed by atoms with Crippen molar-refractivity contribution < 1.29 is 27.8 Å². The van der Waals surface area contributed by atoms with Crippen molar-refractivity contribution in [2.75, 3.05) is 26.4 Å². The largest absolute Gasteiger partial charge is 0.386 e. The van der Waals surface area contributed by atoms with Gasteiger partial charge in [0.2, 0.25) is 0 Å². The summed E-state index contributed by atoms with van der Waals surface area (Å²) < 4.78 is 43.5. The first kappa shape index (κ1) is 23.7. The van der Waals surface area contributed by atoms with Gasteiger partial charge in [-0.2, -0.15) is 8.78 Å². The quantitative estimate of drug-likeness (QED) is 0.629. The number of pyridine rings is 1. The number of nitrogens with one attached hydrogen (secondary N) is 1. The van der Waals surface area contributed by atoms with Crippen LogP contribution >= 0.6 is 0 Å². The predicted molar refractivity (Wildman–Crippen MR) is 116 cm³/mol. The van der Waals surface area contributed by atoms with E-state index >= 15 is 0 Å². The Morgan fingerprint density at radius 2 is 1.88 bits per heavy atom. The summed E-state index contributed by atoms with van der Waals surface area (Å²) in [5, 5.41) is 12.1. The zero-order valence-corrected chi connectivity index (χ0v) is 18.2. The van der Waals surface area contributed by atoms with E-state index in [9.17, 15) is 23.1 Å². The fourth-order valence-electron chi connectivity index (χ4n) is 4.50. The number of benzene rings is 1. The lowest BCUT2D eigenvalue weighted by molar-refractivity contribution is -0.159. The van der Waals surface area contributed by atoms with Crippen molar-refractivity contribution in [1.29, 1.82) is 0 Å². The Kier molecular flexibility index (Phi) is 7.31. The Morgan fingerprint density at radius 1 is 1.15 bits per heavy atom. The average molecular weight is 464 g/mol. The number of nitrogens with zero attached hydrogens (tertiary/aromatic N) is 2. The molecule has 0 saturated carbocycles. The number of rotatable bonds is 8. The number of carbonyl (C=O) groups excluding carboxylic acids is 1. The number of aliphatic hydroxyl groups is 1. The molecule has 6 nitrogen and oxygen atoms in total. The van der Waals surface area contributed by atoms with Gasteiger partial charge in [-0.3, -0.25) is 14.7 Å². The molecule has 0 radical (unpaired) electrons. The highest BCUT2D eigenvalue weighted by atomic mass is 19.3. The van der Waals surface area contributed by atoms with Gasteiger partial charge >= 0.3 is 6.43 Å². The first-order valence-corrected chi connectivity index (χ1v) is 11.1. The second-order valence-corrected chi connectivity index (χ2v) is 8.77. The Morgan fingerprint density at radius 3 is 2.45 bits per heavy atom. The lowest BCUT2D eigenvalue weighted by atomic mass is 9.84. The highest BCUT2D eigenvalue weighted by molar-refractivity contribution is 5.79. The first-order valence-electron chi connectivity index (χ1n) is 11.1. The maximum absolute atomic E-state index is 13.2. The van der Waals surface area contributed by atoms with Crippen molar-refractivity contribution in [3.8, 4) is 11.1 Å². The van der Waals surface area contributed by atoms with Crippen LogP contribution < -0.4 is 5.32 Å². The molecule has 0 bridgehead atoms. The third-order valence-electron chi connectivity index (χ3n) is 6.57. The van der Waals surface area contributed by atoms with Crippen LogP contribution in [0.15, 0.2) is 42.6 Å². The van der Waals surface area contributed by atoms with Crippen molar-refractivity contribution >= 4 is 5.91 Å². The van der Waals surface area contributed by atoms with Gasteiger partial charge < -0.3 is 15.2 Å².